The number of rotatable bonds is 7. The summed E-state index contributed by atoms with van der Waals surface area (Å²) >= 11 is 0. The molecule has 0 fully saturated rings. The van der Waals surface area contributed by atoms with Gasteiger partial charge in [0.05, 0.1) is 23.2 Å². The lowest BCUT2D eigenvalue weighted by Crippen LogP contribution is -2.31. The number of hydrogen-bond donors (Lipinski definition) is 1. The number of nitrogens with one attached hydrogen (secondary N) is 1. The first-order valence-corrected chi connectivity index (χ1v) is 8.67. The van der Waals surface area contributed by atoms with Crippen molar-refractivity contribution in [3.05, 3.63) is 47.8 Å². The van der Waals surface area contributed by atoms with E-state index in [1.807, 2.05) is 43.5 Å². The van der Waals surface area contributed by atoms with Crippen LogP contribution in [0, 0.1) is 6.92 Å². The highest BCUT2D eigenvalue weighted by molar-refractivity contribution is 7.89. The van der Waals surface area contributed by atoms with Gasteiger partial charge in [0.15, 0.2) is 0 Å². The summed E-state index contributed by atoms with van der Waals surface area (Å²) in [4.78, 5) is 0. The Bertz CT molecular complexity index is 725. The molecule has 1 aromatic heterocycles. The molecule has 0 bridgehead atoms. The van der Waals surface area contributed by atoms with Crippen molar-refractivity contribution in [2.24, 2.45) is 0 Å². The monoisotopic (exact) mass is 323 g/mol. The van der Waals surface area contributed by atoms with Gasteiger partial charge in [0, 0.05) is 19.9 Å². The SMILES string of the molecule is CO[C@@H](C)CS(=O)(=O)NCc1ccccc1-n1ccc(C)n1. The van der Waals surface area contributed by atoms with Crippen LogP contribution in [0.3, 0.4) is 0 Å². The molecule has 0 unspecified atom stereocenters. The fourth-order valence-electron chi connectivity index (χ4n) is 2.06. The molecule has 0 saturated carbocycles. The van der Waals surface area contributed by atoms with Gasteiger partial charge >= 0.3 is 0 Å². The molecule has 0 amide bonds. The first-order valence-electron chi connectivity index (χ1n) is 7.02. The standard InChI is InChI=1S/C15H21N3O3S/c1-12-8-9-18(17-12)15-7-5-4-6-14(15)10-16-22(19,20)11-13(2)21-3/h4-9,13,16H,10-11H2,1-3H3/t13-/m0/s1. The van der Waals surface area contributed by atoms with Crippen molar-refractivity contribution >= 4 is 10.0 Å². The zero-order valence-electron chi connectivity index (χ0n) is 13.0. The summed E-state index contributed by atoms with van der Waals surface area (Å²) in [6, 6.07) is 9.47. The van der Waals surface area contributed by atoms with Gasteiger partial charge in [-0.05, 0) is 31.5 Å². The Labute approximate surface area is 131 Å². The van der Waals surface area contributed by atoms with Gasteiger partial charge in [0.1, 0.15) is 0 Å². The normalized spacial score (nSPS) is 13.2. The second-order valence-electron chi connectivity index (χ2n) is 5.18. The maximum absolute atomic E-state index is 12.0. The molecule has 0 spiro atoms. The summed E-state index contributed by atoms with van der Waals surface area (Å²) in [5.41, 5.74) is 2.63. The van der Waals surface area contributed by atoms with Gasteiger partial charge in [-0.15, -0.1) is 0 Å². The summed E-state index contributed by atoms with van der Waals surface area (Å²) in [5.74, 6) is -0.0630. The van der Waals surface area contributed by atoms with Gasteiger partial charge in [-0.2, -0.15) is 5.10 Å². The van der Waals surface area contributed by atoms with Gasteiger partial charge < -0.3 is 4.74 Å². The number of ether oxygens (including phenoxy) is 1. The Morgan fingerprint density at radius 3 is 2.68 bits per heavy atom. The van der Waals surface area contributed by atoms with E-state index >= 15 is 0 Å². The van der Waals surface area contributed by atoms with Crippen LogP contribution in [-0.2, 0) is 21.3 Å². The summed E-state index contributed by atoms with van der Waals surface area (Å²) in [7, 11) is -1.89. The highest BCUT2D eigenvalue weighted by atomic mass is 32.2. The smallest absolute Gasteiger partial charge is 0.214 e. The highest BCUT2D eigenvalue weighted by Gasteiger charge is 2.16. The zero-order chi connectivity index (χ0) is 16.2. The van der Waals surface area contributed by atoms with Crippen molar-refractivity contribution in [2.45, 2.75) is 26.5 Å². The van der Waals surface area contributed by atoms with E-state index < -0.39 is 10.0 Å². The number of nitrogens with zero attached hydrogens (tertiary/aromatic N) is 2. The number of benzene rings is 1. The predicted molar refractivity (Wildman–Crippen MR) is 85.4 cm³/mol. The van der Waals surface area contributed by atoms with Crippen molar-refractivity contribution in [1.29, 1.82) is 0 Å². The average Bonchev–Trinajstić information content (AvgIpc) is 2.91. The Balaban J connectivity index is 2.14. The molecule has 2 rings (SSSR count). The van der Waals surface area contributed by atoms with Crippen LogP contribution in [0.5, 0.6) is 0 Å². The van der Waals surface area contributed by atoms with Crippen LogP contribution >= 0.6 is 0 Å². The van der Waals surface area contributed by atoms with E-state index in [0.29, 0.717) is 0 Å². The van der Waals surface area contributed by atoms with Gasteiger partial charge in [-0.25, -0.2) is 17.8 Å². The van der Waals surface area contributed by atoms with Crippen LogP contribution in [0.25, 0.3) is 5.69 Å². The summed E-state index contributed by atoms with van der Waals surface area (Å²) in [6.07, 6.45) is 1.51. The average molecular weight is 323 g/mol. The third-order valence-electron chi connectivity index (χ3n) is 3.30. The van der Waals surface area contributed by atoms with Gasteiger partial charge in [-0.3, -0.25) is 0 Å². The Morgan fingerprint density at radius 1 is 1.32 bits per heavy atom. The second kappa shape index (κ2) is 7.04. The van der Waals surface area contributed by atoms with E-state index in [-0.39, 0.29) is 18.4 Å². The number of aryl methyl sites for hydroxylation is 1. The zero-order valence-corrected chi connectivity index (χ0v) is 13.8. The number of hydrogen-bond acceptors (Lipinski definition) is 4. The molecule has 0 aliphatic rings. The van der Waals surface area contributed by atoms with Crippen molar-refractivity contribution in [3.8, 4) is 5.69 Å². The van der Waals surface area contributed by atoms with Crippen molar-refractivity contribution in [2.75, 3.05) is 12.9 Å². The van der Waals surface area contributed by atoms with E-state index in [0.717, 1.165) is 16.9 Å². The van der Waals surface area contributed by atoms with E-state index in [2.05, 4.69) is 9.82 Å². The third-order valence-corrected chi connectivity index (χ3v) is 4.79. The van der Waals surface area contributed by atoms with Crippen LogP contribution in [-0.4, -0.2) is 37.2 Å². The molecule has 7 heteroatoms. The quantitative estimate of drug-likeness (QED) is 0.840. The summed E-state index contributed by atoms with van der Waals surface area (Å²) in [6.45, 7) is 3.85. The van der Waals surface area contributed by atoms with E-state index in [9.17, 15) is 8.42 Å². The molecule has 6 nitrogen and oxygen atoms in total. The molecule has 2 aromatic rings. The number of para-hydroxylation sites is 1. The maximum Gasteiger partial charge on any atom is 0.214 e. The summed E-state index contributed by atoms with van der Waals surface area (Å²) in [5, 5.41) is 4.37. The van der Waals surface area contributed by atoms with E-state index in [4.69, 9.17) is 4.74 Å². The molecule has 22 heavy (non-hydrogen) atoms. The number of aromatic nitrogens is 2. The fraction of sp³-hybridized carbons (Fsp3) is 0.400. The maximum atomic E-state index is 12.0. The molecule has 0 aliphatic heterocycles. The number of methoxy groups -OCH3 is 1. The molecule has 1 aromatic carbocycles. The van der Waals surface area contributed by atoms with E-state index in [1.54, 1.807) is 11.6 Å². The Hall–Kier alpha value is -1.70. The van der Waals surface area contributed by atoms with Gasteiger partial charge in [-0.1, -0.05) is 18.2 Å². The molecule has 120 valence electrons. The largest absolute Gasteiger partial charge is 0.381 e. The number of sulfonamides is 1. The molecule has 0 saturated heterocycles. The summed E-state index contributed by atoms with van der Waals surface area (Å²) < 4.78 is 33.4. The lowest BCUT2D eigenvalue weighted by molar-refractivity contribution is 0.136. The second-order valence-corrected chi connectivity index (χ2v) is 7.03. The lowest BCUT2D eigenvalue weighted by Gasteiger charge is -2.13. The van der Waals surface area contributed by atoms with Crippen molar-refractivity contribution in [1.82, 2.24) is 14.5 Å². The topological polar surface area (TPSA) is 73.2 Å². The molecule has 1 heterocycles. The minimum atomic E-state index is -3.39. The molecule has 0 radical (unpaired) electrons. The van der Waals surface area contributed by atoms with Crippen LogP contribution in [0.15, 0.2) is 36.5 Å². The Kier molecular flexibility index (Phi) is 5.33. The van der Waals surface area contributed by atoms with Gasteiger partial charge in [0.2, 0.25) is 10.0 Å². The first kappa shape index (κ1) is 16.7. The van der Waals surface area contributed by atoms with Crippen LogP contribution in [0.4, 0.5) is 0 Å². The molecule has 1 N–H and O–H groups in total. The molecular formula is C15H21N3O3S. The minimum absolute atomic E-state index is 0.0630. The molecular weight excluding hydrogens is 302 g/mol. The van der Waals surface area contributed by atoms with Crippen molar-refractivity contribution < 1.29 is 13.2 Å². The first-order chi connectivity index (χ1) is 10.4. The van der Waals surface area contributed by atoms with Crippen LogP contribution in [0.2, 0.25) is 0 Å². The minimum Gasteiger partial charge on any atom is -0.381 e. The Morgan fingerprint density at radius 2 is 2.05 bits per heavy atom. The van der Waals surface area contributed by atoms with Gasteiger partial charge in [0.25, 0.3) is 0 Å². The predicted octanol–water partition coefficient (Wildman–Crippen LogP) is 1.64. The van der Waals surface area contributed by atoms with Crippen molar-refractivity contribution in [3.63, 3.8) is 0 Å². The van der Waals surface area contributed by atoms with Crippen LogP contribution < -0.4 is 4.72 Å². The van der Waals surface area contributed by atoms with Crippen LogP contribution in [0.1, 0.15) is 18.2 Å². The molecule has 0 aliphatic carbocycles. The molecule has 1 atom stereocenters. The fourth-order valence-corrected chi connectivity index (χ4v) is 3.30. The highest BCUT2D eigenvalue weighted by Crippen LogP contribution is 2.14. The lowest BCUT2D eigenvalue weighted by atomic mass is 10.2. The van der Waals surface area contributed by atoms with E-state index in [1.165, 1.54) is 7.11 Å². The third kappa shape index (κ3) is 4.40.